The molecule has 1 aliphatic heterocycles. The van der Waals surface area contributed by atoms with E-state index in [4.69, 9.17) is 9.84 Å². The normalized spacial score (nSPS) is 36.9. The van der Waals surface area contributed by atoms with Crippen LogP contribution in [0.25, 0.3) is 0 Å². The summed E-state index contributed by atoms with van der Waals surface area (Å²) in [6, 6.07) is 0. The molecule has 0 aromatic carbocycles. The number of rotatable bonds is 1. The van der Waals surface area contributed by atoms with Gasteiger partial charge in [-0.15, -0.1) is 0 Å². The van der Waals surface area contributed by atoms with Crippen molar-refractivity contribution in [1.29, 1.82) is 0 Å². The van der Waals surface area contributed by atoms with Gasteiger partial charge in [0.1, 0.15) is 4.11 Å². The quantitative estimate of drug-likeness (QED) is 0.281. The van der Waals surface area contributed by atoms with E-state index in [1.54, 1.807) is 0 Å². The predicted octanol–water partition coefficient (Wildman–Crippen LogP) is 0.681. The molecule has 0 spiro atoms. The van der Waals surface area contributed by atoms with Crippen LogP contribution in [0.1, 0.15) is 0 Å². The Morgan fingerprint density at radius 1 is 1.71 bits per heavy atom. The summed E-state index contributed by atoms with van der Waals surface area (Å²) in [6.45, 7) is 1.07. The van der Waals surface area contributed by atoms with Crippen molar-refractivity contribution in [3.8, 4) is 0 Å². The fraction of sp³-hybridized carbons (Fsp3) is 0.667. The van der Waals surface area contributed by atoms with Gasteiger partial charge in [0.25, 0.3) is 0 Å². The van der Waals surface area contributed by atoms with Gasteiger partial charge in [-0.3, -0.25) is 0 Å². The standard InChI is InChI=1S/C3H4IO2.Am/c4-3-2(1-5)6-3;/h1-3,5H;/q-1;/t2-,3+;/m1./s1. The van der Waals surface area contributed by atoms with E-state index in [2.05, 4.69) is 22.6 Å². The molecule has 0 aliphatic carbocycles. The first kappa shape index (κ1) is 8.04. The molecule has 0 unspecified atom stereocenters. The van der Waals surface area contributed by atoms with Crippen molar-refractivity contribution in [1.82, 2.24) is 0 Å². The van der Waals surface area contributed by atoms with E-state index in [1.807, 2.05) is 0 Å². The Kier molecular flexibility index (Phi) is 3.61. The fourth-order valence-corrected chi connectivity index (χ4v) is 0.732. The third-order valence-electron chi connectivity index (χ3n) is 0.616. The third-order valence-corrected chi connectivity index (χ3v) is 1.62. The summed E-state index contributed by atoms with van der Waals surface area (Å²) in [5.74, 6) is 0. The summed E-state index contributed by atoms with van der Waals surface area (Å²) >= 11 is 2.10. The first-order chi connectivity index (χ1) is 2.84. The number of aliphatic hydroxyl groups is 1. The largest absolute Gasteiger partial charge is 0.563 e. The molecule has 1 heterocycles. The predicted molar refractivity (Wildman–Crippen MR) is 28.9 cm³/mol. The van der Waals surface area contributed by atoms with Crippen molar-refractivity contribution in [2.24, 2.45) is 0 Å². The van der Waals surface area contributed by atoms with Crippen LogP contribution in [0.4, 0.5) is 0 Å². The van der Waals surface area contributed by atoms with Crippen molar-refractivity contribution in [3.05, 3.63) is 6.61 Å². The molecule has 7 heavy (non-hydrogen) atoms. The number of halogens is 1. The van der Waals surface area contributed by atoms with Gasteiger partial charge in [0, 0.05) is 14.3 Å². The van der Waals surface area contributed by atoms with E-state index in [1.165, 1.54) is 0 Å². The molecule has 2 nitrogen and oxygen atoms in total. The first-order valence-corrected chi connectivity index (χ1v) is 2.86. The SMILES string of the molecule is O[CH-][C@H]1O[C@@H]1I.[Am]. The molecule has 0 amide bonds. The number of hydrogen-bond donors (Lipinski definition) is 1. The topological polar surface area (TPSA) is 32.8 Å². The smallest absolute Gasteiger partial charge is 0.106 e. The van der Waals surface area contributed by atoms with E-state index >= 15 is 0 Å². The van der Waals surface area contributed by atoms with E-state index in [9.17, 15) is 0 Å². The van der Waals surface area contributed by atoms with Crippen LogP contribution in [0.3, 0.4) is 0 Å². The van der Waals surface area contributed by atoms with E-state index in [0.29, 0.717) is 0 Å². The van der Waals surface area contributed by atoms with Gasteiger partial charge in [0.15, 0.2) is 0 Å². The van der Waals surface area contributed by atoms with Crippen LogP contribution in [-0.4, -0.2) is 15.3 Å². The monoisotopic (exact) mass is 440 g/mol. The molecule has 0 bridgehead atoms. The summed E-state index contributed by atoms with van der Waals surface area (Å²) in [4.78, 5) is 0. The van der Waals surface area contributed by atoms with Gasteiger partial charge < -0.3 is 9.84 Å². The minimum absolute atomic E-state index is 0. The Morgan fingerprint density at radius 2 is 2.14 bits per heavy atom. The molecular weight excluding hydrogens is 438 g/mol. The molecule has 2 atom stereocenters. The molecule has 1 rings (SSSR count). The number of alkyl halides is 1. The molecule has 4 heteroatoms. The molecule has 1 aliphatic rings. The third kappa shape index (κ3) is 2.19. The van der Waals surface area contributed by atoms with Gasteiger partial charge in [-0.05, 0) is 6.10 Å². The van der Waals surface area contributed by atoms with Crippen LogP contribution in [0.15, 0.2) is 0 Å². The van der Waals surface area contributed by atoms with Gasteiger partial charge in [-0.2, -0.15) is 6.61 Å². The van der Waals surface area contributed by atoms with E-state index in [-0.39, 0.29) is 24.5 Å². The summed E-state index contributed by atoms with van der Waals surface area (Å²) in [5, 5.41) is 8.12. The summed E-state index contributed by atoms with van der Waals surface area (Å²) < 4.78 is 4.98. The number of epoxide rings is 1. The summed E-state index contributed by atoms with van der Waals surface area (Å²) in [5.41, 5.74) is 0. The van der Waals surface area contributed by atoms with Crippen LogP contribution < -0.4 is 0 Å². The van der Waals surface area contributed by atoms with E-state index in [0.717, 1.165) is 6.61 Å². The zero-order valence-electron chi connectivity index (χ0n) is 3.34. The summed E-state index contributed by atoms with van der Waals surface area (Å²) in [7, 11) is 0. The summed E-state index contributed by atoms with van der Waals surface area (Å²) in [6.07, 6.45) is 0.0191. The van der Waals surface area contributed by atoms with Crippen molar-refractivity contribution in [2.75, 3.05) is 0 Å². The van der Waals surface area contributed by atoms with Crippen LogP contribution >= 0.6 is 22.6 Å². The average Bonchev–Trinajstić information content (AvgIpc) is 2.19. The maximum atomic E-state index is 8.12. The average molecular weight is 442 g/mol. The molecule has 0 aromatic heterocycles. The van der Waals surface area contributed by atoms with Gasteiger partial charge in [-0.1, -0.05) is 22.6 Å². The second-order valence-corrected chi connectivity index (χ2v) is 2.33. The molecular formula is C3H4AmIO2-. The minimum Gasteiger partial charge on any atom is -0.563 e. The fourth-order valence-electron chi connectivity index (χ4n) is 0.208. The molecule has 43 valence electrons. The van der Waals surface area contributed by atoms with Gasteiger partial charge in [0.2, 0.25) is 0 Å². The Labute approximate surface area is 63.6 Å². The van der Waals surface area contributed by atoms with Crippen molar-refractivity contribution < 1.29 is 24.1 Å². The van der Waals surface area contributed by atoms with Crippen LogP contribution in [0, 0.1) is 20.9 Å². The molecule has 0 aromatic rings. The van der Waals surface area contributed by atoms with E-state index < -0.39 is 0 Å². The Morgan fingerprint density at radius 3 is 2.14 bits per heavy atom. The van der Waals surface area contributed by atoms with Gasteiger partial charge in [-0.25, -0.2) is 0 Å². The second-order valence-electron chi connectivity index (χ2n) is 1.10. The number of ether oxygens (including phenoxy) is 1. The zero-order valence-corrected chi connectivity index (χ0v) is 8.65. The first-order valence-electron chi connectivity index (χ1n) is 1.61. The molecule has 1 saturated heterocycles. The second kappa shape index (κ2) is 3.14. The Bertz CT molecular complexity index is 58.9. The van der Waals surface area contributed by atoms with Crippen molar-refractivity contribution >= 4 is 22.6 Å². The van der Waals surface area contributed by atoms with Gasteiger partial charge in [0.05, 0.1) is 0 Å². The Balaban J connectivity index is 0.000000360. The van der Waals surface area contributed by atoms with Crippen molar-refractivity contribution in [2.45, 2.75) is 10.2 Å². The molecule has 1 N–H and O–H groups in total. The molecule has 1 fully saturated rings. The maximum absolute atomic E-state index is 8.12. The van der Waals surface area contributed by atoms with Crippen LogP contribution in [0.5, 0.6) is 0 Å². The number of aliphatic hydroxyl groups excluding tert-OH is 1. The molecule has 0 saturated carbocycles. The van der Waals surface area contributed by atoms with Crippen LogP contribution in [-0.2, 0) is 4.74 Å². The Hall–Kier alpha value is 1.04. The van der Waals surface area contributed by atoms with Crippen molar-refractivity contribution in [3.63, 3.8) is 0 Å². The van der Waals surface area contributed by atoms with Gasteiger partial charge >= 0.3 is 0 Å². The number of hydrogen-bond acceptors (Lipinski definition) is 2. The maximum Gasteiger partial charge on any atom is 0.106 e. The van der Waals surface area contributed by atoms with Crippen LogP contribution in [0.2, 0.25) is 0 Å². The zero-order chi connectivity index (χ0) is 4.57. The molecule has 1 radical (unpaired) electrons. The minimum atomic E-state index is 0.